The third-order valence-electron chi connectivity index (χ3n) is 2.29. The van der Waals surface area contributed by atoms with Crippen LogP contribution in [0.5, 0.6) is 5.75 Å². The monoisotopic (exact) mass is 202 g/mol. The number of aromatic nitrogens is 2. The minimum absolute atomic E-state index is 0.699. The van der Waals surface area contributed by atoms with E-state index in [-0.39, 0.29) is 0 Å². The van der Waals surface area contributed by atoms with Gasteiger partial charge >= 0.3 is 0 Å². The van der Waals surface area contributed by atoms with Crippen molar-refractivity contribution in [3.63, 3.8) is 0 Å². The smallest absolute Gasteiger partial charge is 0.122 e. The van der Waals surface area contributed by atoms with Crippen molar-refractivity contribution < 1.29 is 4.74 Å². The Morgan fingerprint density at radius 2 is 2.20 bits per heavy atom. The molecule has 1 N–H and O–H groups in total. The molecule has 0 unspecified atom stereocenters. The highest BCUT2D eigenvalue weighted by atomic mass is 16.5. The average Bonchev–Trinajstić information content (AvgIpc) is 2.74. The van der Waals surface area contributed by atoms with Crippen LogP contribution in [0.25, 0.3) is 11.3 Å². The van der Waals surface area contributed by atoms with Crippen molar-refractivity contribution in [2.75, 3.05) is 6.61 Å². The van der Waals surface area contributed by atoms with Gasteiger partial charge in [-0.25, -0.2) is 0 Å². The third-order valence-corrected chi connectivity index (χ3v) is 2.29. The molecule has 0 aliphatic rings. The predicted molar refractivity (Wildman–Crippen MR) is 59.9 cm³/mol. The van der Waals surface area contributed by atoms with Gasteiger partial charge in [0.25, 0.3) is 0 Å². The number of nitrogens with zero attached hydrogens (tertiary/aromatic N) is 1. The van der Waals surface area contributed by atoms with Gasteiger partial charge in [0.1, 0.15) is 5.75 Å². The lowest BCUT2D eigenvalue weighted by molar-refractivity contribution is 0.338. The Morgan fingerprint density at radius 1 is 1.33 bits per heavy atom. The molecule has 0 radical (unpaired) electrons. The van der Waals surface area contributed by atoms with E-state index in [0.717, 1.165) is 22.6 Å². The molecule has 0 fully saturated rings. The van der Waals surface area contributed by atoms with E-state index in [4.69, 9.17) is 4.74 Å². The van der Waals surface area contributed by atoms with E-state index >= 15 is 0 Å². The summed E-state index contributed by atoms with van der Waals surface area (Å²) in [7, 11) is 0. The van der Waals surface area contributed by atoms with Crippen LogP contribution in [-0.4, -0.2) is 16.8 Å². The maximum absolute atomic E-state index is 5.48. The zero-order valence-electron chi connectivity index (χ0n) is 8.95. The van der Waals surface area contributed by atoms with Crippen molar-refractivity contribution >= 4 is 0 Å². The average molecular weight is 202 g/mol. The molecule has 0 amide bonds. The lowest BCUT2D eigenvalue weighted by atomic mass is 10.1. The van der Waals surface area contributed by atoms with Gasteiger partial charge in [0.05, 0.1) is 12.3 Å². The standard InChI is InChI=1S/C12H14N2O/c1-3-15-12-5-4-10(8-9(12)2)11-6-7-13-14-11/h4-8H,3H2,1-2H3,(H,13,14). The number of rotatable bonds is 3. The van der Waals surface area contributed by atoms with Crippen LogP contribution in [0.4, 0.5) is 0 Å². The van der Waals surface area contributed by atoms with Crippen LogP contribution in [0.2, 0.25) is 0 Å². The van der Waals surface area contributed by atoms with Crippen LogP contribution >= 0.6 is 0 Å². The normalized spacial score (nSPS) is 10.3. The summed E-state index contributed by atoms with van der Waals surface area (Å²) in [6.45, 7) is 4.73. The first-order chi connectivity index (χ1) is 7.31. The molecule has 0 aliphatic heterocycles. The van der Waals surface area contributed by atoms with E-state index in [1.54, 1.807) is 6.20 Å². The number of aromatic amines is 1. The van der Waals surface area contributed by atoms with E-state index in [1.807, 2.05) is 32.0 Å². The molecule has 1 heterocycles. The molecule has 1 aromatic carbocycles. The van der Waals surface area contributed by atoms with Crippen molar-refractivity contribution in [1.82, 2.24) is 10.2 Å². The van der Waals surface area contributed by atoms with Crippen molar-refractivity contribution in [2.45, 2.75) is 13.8 Å². The van der Waals surface area contributed by atoms with Crippen LogP contribution < -0.4 is 4.74 Å². The first kappa shape index (κ1) is 9.77. The molecule has 0 aliphatic carbocycles. The number of benzene rings is 1. The number of hydrogen-bond donors (Lipinski definition) is 1. The molecule has 78 valence electrons. The minimum atomic E-state index is 0.699. The van der Waals surface area contributed by atoms with Crippen LogP contribution in [-0.2, 0) is 0 Å². The largest absolute Gasteiger partial charge is 0.494 e. The Morgan fingerprint density at radius 3 is 2.80 bits per heavy atom. The summed E-state index contributed by atoms with van der Waals surface area (Å²) in [5.74, 6) is 0.945. The van der Waals surface area contributed by atoms with Gasteiger partial charge < -0.3 is 4.74 Å². The number of aryl methyl sites for hydroxylation is 1. The number of nitrogens with one attached hydrogen (secondary N) is 1. The minimum Gasteiger partial charge on any atom is -0.494 e. The highest BCUT2D eigenvalue weighted by Gasteiger charge is 2.03. The first-order valence-corrected chi connectivity index (χ1v) is 5.04. The van der Waals surface area contributed by atoms with Gasteiger partial charge in [-0.15, -0.1) is 0 Å². The van der Waals surface area contributed by atoms with Crippen molar-refractivity contribution in [2.24, 2.45) is 0 Å². The van der Waals surface area contributed by atoms with E-state index in [0.29, 0.717) is 6.61 Å². The topological polar surface area (TPSA) is 37.9 Å². The van der Waals surface area contributed by atoms with Crippen molar-refractivity contribution in [3.8, 4) is 17.0 Å². The maximum atomic E-state index is 5.48. The maximum Gasteiger partial charge on any atom is 0.122 e. The Kier molecular flexibility index (Phi) is 2.72. The lowest BCUT2D eigenvalue weighted by Crippen LogP contribution is -1.94. The van der Waals surface area contributed by atoms with Gasteiger partial charge in [-0.05, 0) is 43.7 Å². The summed E-state index contributed by atoms with van der Waals surface area (Å²) in [5, 5.41) is 6.87. The number of ether oxygens (including phenoxy) is 1. The SMILES string of the molecule is CCOc1ccc(-c2ccn[nH]2)cc1C. The molecule has 1 aromatic heterocycles. The van der Waals surface area contributed by atoms with Gasteiger partial charge in [-0.3, -0.25) is 5.10 Å². The third kappa shape index (κ3) is 2.01. The zero-order valence-corrected chi connectivity index (χ0v) is 8.95. The van der Waals surface area contributed by atoms with Gasteiger partial charge in [0.2, 0.25) is 0 Å². The molecule has 0 atom stereocenters. The fourth-order valence-electron chi connectivity index (χ4n) is 1.55. The number of H-pyrrole nitrogens is 1. The Balaban J connectivity index is 2.33. The van der Waals surface area contributed by atoms with Gasteiger partial charge in [0, 0.05) is 11.8 Å². The summed E-state index contributed by atoms with van der Waals surface area (Å²) in [6.07, 6.45) is 1.75. The van der Waals surface area contributed by atoms with Crippen LogP contribution in [0, 0.1) is 6.92 Å². The second-order valence-corrected chi connectivity index (χ2v) is 3.38. The van der Waals surface area contributed by atoms with E-state index < -0.39 is 0 Å². The number of hydrogen-bond acceptors (Lipinski definition) is 2. The van der Waals surface area contributed by atoms with E-state index in [9.17, 15) is 0 Å². The predicted octanol–water partition coefficient (Wildman–Crippen LogP) is 2.78. The van der Waals surface area contributed by atoms with Crippen LogP contribution in [0.15, 0.2) is 30.5 Å². The fourth-order valence-corrected chi connectivity index (χ4v) is 1.55. The summed E-state index contributed by atoms with van der Waals surface area (Å²) < 4.78 is 5.48. The molecule has 2 aromatic rings. The fraction of sp³-hybridized carbons (Fsp3) is 0.250. The van der Waals surface area contributed by atoms with E-state index in [1.165, 1.54) is 0 Å². The Bertz CT molecular complexity index is 435. The van der Waals surface area contributed by atoms with Gasteiger partial charge in [-0.2, -0.15) is 5.10 Å². The Hall–Kier alpha value is -1.77. The molecule has 0 saturated heterocycles. The van der Waals surface area contributed by atoms with Crippen molar-refractivity contribution in [3.05, 3.63) is 36.0 Å². The van der Waals surface area contributed by atoms with E-state index in [2.05, 4.69) is 16.3 Å². The van der Waals surface area contributed by atoms with Crippen molar-refractivity contribution in [1.29, 1.82) is 0 Å². The second kappa shape index (κ2) is 4.17. The second-order valence-electron chi connectivity index (χ2n) is 3.38. The quantitative estimate of drug-likeness (QED) is 0.831. The van der Waals surface area contributed by atoms with Crippen LogP contribution in [0.3, 0.4) is 0 Å². The molecule has 3 heteroatoms. The van der Waals surface area contributed by atoms with Gasteiger partial charge in [0.15, 0.2) is 0 Å². The van der Waals surface area contributed by atoms with Crippen LogP contribution in [0.1, 0.15) is 12.5 Å². The molecular weight excluding hydrogens is 188 g/mol. The summed E-state index contributed by atoms with van der Waals surface area (Å²) in [4.78, 5) is 0. The Labute approximate surface area is 89.1 Å². The summed E-state index contributed by atoms with van der Waals surface area (Å²) in [5.41, 5.74) is 3.30. The highest BCUT2D eigenvalue weighted by molar-refractivity contribution is 5.61. The summed E-state index contributed by atoms with van der Waals surface area (Å²) in [6, 6.07) is 8.08. The lowest BCUT2D eigenvalue weighted by Gasteiger charge is -2.07. The van der Waals surface area contributed by atoms with Gasteiger partial charge in [-0.1, -0.05) is 0 Å². The molecule has 0 saturated carbocycles. The molecule has 2 rings (SSSR count). The molecule has 3 nitrogen and oxygen atoms in total. The molecular formula is C12H14N2O. The highest BCUT2D eigenvalue weighted by Crippen LogP contribution is 2.24. The molecule has 0 spiro atoms. The summed E-state index contributed by atoms with van der Waals surface area (Å²) >= 11 is 0. The molecule has 15 heavy (non-hydrogen) atoms. The molecule has 0 bridgehead atoms. The first-order valence-electron chi connectivity index (χ1n) is 5.04. The zero-order chi connectivity index (χ0) is 10.7.